The fraction of sp³-hybridized carbons (Fsp3) is 0.500. The molecule has 1 fully saturated rings. The average Bonchev–Trinajstić information content (AvgIpc) is 2.39. The highest BCUT2D eigenvalue weighted by molar-refractivity contribution is 7.89. The molecule has 1 aliphatic heterocycles. The van der Waals surface area contributed by atoms with Crippen LogP contribution in [-0.2, 0) is 10.0 Å². The molecule has 1 atom stereocenters. The van der Waals surface area contributed by atoms with E-state index in [9.17, 15) is 8.42 Å². The number of nitrogens with zero attached hydrogens (tertiary/aromatic N) is 1. The van der Waals surface area contributed by atoms with Gasteiger partial charge in [0.1, 0.15) is 0 Å². The van der Waals surface area contributed by atoms with Crippen molar-refractivity contribution in [2.75, 3.05) is 6.54 Å². The summed E-state index contributed by atoms with van der Waals surface area (Å²) in [6.45, 7) is 2.43. The maximum absolute atomic E-state index is 12.5. The highest BCUT2D eigenvalue weighted by atomic mass is 32.2. The number of benzene rings is 1. The quantitative estimate of drug-likeness (QED) is 0.761. The van der Waals surface area contributed by atoms with Gasteiger partial charge >= 0.3 is 7.12 Å². The molecule has 19 heavy (non-hydrogen) atoms. The molecule has 1 aliphatic rings. The maximum Gasteiger partial charge on any atom is 0.488 e. The summed E-state index contributed by atoms with van der Waals surface area (Å²) in [5.41, 5.74) is 0.186. The Hall–Kier alpha value is -0.885. The van der Waals surface area contributed by atoms with Crippen LogP contribution in [0.5, 0.6) is 0 Å². The minimum Gasteiger partial charge on any atom is -0.423 e. The number of rotatable bonds is 3. The molecule has 104 valence electrons. The monoisotopic (exact) mass is 283 g/mol. The molecule has 1 saturated heterocycles. The zero-order valence-corrected chi connectivity index (χ0v) is 11.7. The van der Waals surface area contributed by atoms with Crippen molar-refractivity contribution in [3.8, 4) is 0 Å². The Morgan fingerprint density at radius 2 is 2.05 bits per heavy atom. The van der Waals surface area contributed by atoms with Crippen molar-refractivity contribution in [2.45, 2.75) is 37.1 Å². The second kappa shape index (κ2) is 5.62. The highest BCUT2D eigenvalue weighted by Crippen LogP contribution is 2.24. The molecule has 2 rings (SSSR count). The summed E-state index contributed by atoms with van der Waals surface area (Å²) >= 11 is 0. The predicted octanol–water partition coefficient (Wildman–Crippen LogP) is -0.0705. The van der Waals surface area contributed by atoms with Crippen molar-refractivity contribution in [1.82, 2.24) is 4.31 Å². The fourth-order valence-electron chi connectivity index (χ4n) is 2.40. The first-order valence-corrected chi connectivity index (χ1v) is 7.85. The topological polar surface area (TPSA) is 77.8 Å². The Balaban J connectivity index is 2.36. The van der Waals surface area contributed by atoms with Crippen LogP contribution in [0.25, 0.3) is 0 Å². The molecule has 0 spiro atoms. The average molecular weight is 283 g/mol. The number of sulfonamides is 1. The molecule has 0 aromatic heterocycles. The lowest BCUT2D eigenvalue weighted by Gasteiger charge is -2.32. The van der Waals surface area contributed by atoms with Gasteiger partial charge in [-0.25, -0.2) is 8.42 Å². The first-order chi connectivity index (χ1) is 8.93. The molecule has 0 radical (unpaired) electrons. The van der Waals surface area contributed by atoms with Crippen molar-refractivity contribution in [3.63, 3.8) is 0 Å². The van der Waals surface area contributed by atoms with Gasteiger partial charge in [0, 0.05) is 12.6 Å². The molecule has 0 bridgehead atoms. The molecule has 1 aromatic rings. The van der Waals surface area contributed by atoms with Gasteiger partial charge in [0.15, 0.2) is 0 Å². The Kier molecular flexibility index (Phi) is 4.30. The summed E-state index contributed by atoms with van der Waals surface area (Å²) in [6, 6.07) is 5.81. The van der Waals surface area contributed by atoms with E-state index in [0.717, 1.165) is 19.3 Å². The molecule has 7 heteroatoms. The van der Waals surface area contributed by atoms with E-state index in [1.54, 1.807) is 0 Å². The van der Waals surface area contributed by atoms with Gasteiger partial charge in [-0.15, -0.1) is 0 Å². The molecule has 5 nitrogen and oxygen atoms in total. The largest absolute Gasteiger partial charge is 0.488 e. The molecule has 2 N–H and O–H groups in total. The van der Waals surface area contributed by atoms with E-state index in [1.807, 2.05) is 6.92 Å². The SMILES string of the molecule is CC1CCCCN1S(=O)(=O)c1cccc(B(O)O)c1. The number of hydrogen-bond donors (Lipinski definition) is 2. The van der Waals surface area contributed by atoms with Crippen LogP contribution in [0.4, 0.5) is 0 Å². The van der Waals surface area contributed by atoms with Gasteiger partial charge in [-0.05, 0) is 37.4 Å². The number of piperidine rings is 1. The Labute approximate surface area is 114 Å². The van der Waals surface area contributed by atoms with Gasteiger partial charge in [0.25, 0.3) is 0 Å². The number of hydrogen-bond acceptors (Lipinski definition) is 4. The Bertz CT molecular complexity index is 546. The van der Waals surface area contributed by atoms with E-state index in [4.69, 9.17) is 10.0 Å². The molecule has 0 aliphatic carbocycles. The second-order valence-electron chi connectivity index (χ2n) is 4.91. The summed E-state index contributed by atoms with van der Waals surface area (Å²) < 4.78 is 26.6. The summed E-state index contributed by atoms with van der Waals surface area (Å²) in [5, 5.41) is 18.2. The van der Waals surface area contributed by atoms with Gasteiger partial charge in [0.2, 0.25) is 10.0 Å². The summed E-state index contributed by atoms with van der Waals surface area (Å²) in [7, 11) is -5.21. The van der Waals surface area contributed by atoms with Crippen LogP contribution in [0.3, 0.4) is 0 Å². The lowest BCUT2D eigenvalue weighted by molar-refractivity contribution is 0.268. The van der Waals surface area contributed by atoms with E-state index in [-0.39, 0.29) is 16.4 Å². The molecule has 1 unspecified atom stereocenters. The maximum atomic E-state index is 12.5. The Morgan fingerprint density at radius 3 is 2.68 bits per heavy atom. The van der Waals surface area contributed by atoms with Crippen molar-refractivity contribution >= 4 is 22.6 Å². The molecular formula is C12H18BNO4S. The van der Waals surface area contributed by atoms with E-state index >= 15 is 0 Å². The molecule has 1 aromatic carbocycles. The first kappa shape index (κ1) is 14.5. The molecular weight excluding hydrogens is 265 g/mol. The van der Waals surface area contributed by atoms with Gasteiger partial charge in [0.05, 0.1) is 4.90 Å². The van der Waals surface area contributed by atoms with Crippen molar-refractivity contribution in [3.05, 3.63) is 24.3 Å². The Morgan fingerprint density at radius 1 is 1.32 bits per heavy atom. The highest BCUT2D eigenvalue weighted by Gasteiger charge is 2.31. The summed E-state index contributed by atoms with van der Waals surface area (Å²) in [6.07, 6.45) is 2.77. The molecule has 0 amide bonds. The lowest BCUT2D eigenvalue weighted by Crippen LogP contribution is -2.42. The van der Waals surface area contributed by atoms with Crippen molar-refractivity contribution in [2.24, 2.45) is 0 Å². The van der Waals surface area contributed by atoms with E-state index < -0.39 is 17.1 Å². The van der Waals surface area contributed by atoms with Crippen LogP contribution >= 0.6 is 0 Å². The fourth-order valence-corrected chi connectivity index (χ4v) is 4.15. The van der Waals surface area contributed by atoms with Gasteiger partial charge < -0.3 is 10.0 Å². The van der Waals surface area contributed by atoms with E-state index in [0.29, 0.717) is 6.54 Å². The minimum atomic E-state index is -3.56. The van der Waals surface area contributed by atoms with Crippen LogP contribution in [0, 0.1) is 0 Å². The van der Waals surface area contributed by atoms with Crippen LogP contribution in [0.2, 0.25) is 0 Å². The smallest absolute Gasteiger partial charge is 0.423 e. The zero-order valence-electron chi connectivity index (χ0n) is 10.9. The van der Waals surface area contributed by atoms with Crippen LogP contribution in [0.1, 0.15) is 26.2 Å². The van der Waals surface area contributed by atoms with Crippen molar-refractivity contribution < 1.29 is 18.5 Å². The van der Waals surface area contributed by atoms with Crippen molar-refractivity contribution in [1.29, 1.82) is 0 Å². The van der Waals surface area contributed by atoms with Crippen LogP contribution < -0.4 is 5.46 Å². The third-order valence-electron chi connectivity index (χ3n) is 3.50. The molecule has 0 saturated carbocycles. The predicted molar refractivity (Wildman–Crippen MR) is 73.5 cm³/mol. The van der Waals surface area contributed by atoms with E-state index in [2.05, 4.69) is 0 Å². The minimum absolute atomic E-state index is 0.0125. The van der Waals surface area contributed by atoms with Gasteiger partial charge in [-0.1, -0.05) is 18.6 Å². The van der Waals surface area contributed by atoms with Gasteiger partial charge in [-0.2, -0.15) is 4.31 Å². The van der Waals surface area contributed by atoms with E-state index in [1.165, 1.54) is 28.6 Å². The third kappa shape index (κ3) is 3.00. The first-order valence-electron chi connectivity index (χ1n) is 6.41. The lowest BCUT2D eigenvalue weighted by atomic mass is 9.80. The van der Waals surface area contributed by atoms with Crippen LogP contribution in [0.15, 0.2) is 29.2 Å². The normalized spacial score (nSPS) is 21.3. The zero-order chi connectivity index (χ0) is 14.0. The summed E-state index contributed by atoms with van der Waals surface area (Å²) in [5.74, 6) is 0. The third-order valence-corrected chi connectivity index (χ3v) is 5.51. The van der Waals surface area contributed by atoms with Gasteiger partial charge in [-0.3, -0.25) is 0 Å². The van der Waals surface area contributed by atoms with Crippen LogP contribution in [-0.4, -0.2) is 42.5 Å². The second-order valence-corrected chi connectivity index (χ2v) is 6.80. The molecule has 1 heterocycles. The standard InChI is InChI=1S/C12H18BNO4S/c1-10-5-2-3-8-14(10)19(17,18)12-7-4-6-11(9-12)13(15)16/h4,6-7,9-10,15-16H,2-3,5,8H2,1H3. The summed E-state index contributed by atoms with van der Waals surface area (Å²) in [4.78, 5) is 0.117.